The fourth-order valence-electron chi connectivity index (χ4n) is 2.37. The summed E-state index contributed by atoms with van der Waals surface area (Å²) in [6.07, 6.45) is 1.09. The van der Waals surface area contributed by atoms with Crippen LogP contribution in [-0.2, 0) is 4.79 Å². The Kier molecular flexibility index (Phi) is 5.56. The number of aromatic nitrogens is 1. The maximum atomic E-state index is 12.1. The molecule has 3 rings (SSSR count). The van der Waals surface area contributed by atoms with E-state index >= 15 is 0 Å². The van der Waals surface area contributed by atoms with E-state index in [0.717, 1.165) is 16.6 Å². The molecule has 2 aromatic carbocycles. The Bertz CT molecular complexity index is 877. The number of amides is 1. The summed E-state index contributed by atoms with van der Waals surface area (Å²) in [6.45, 7) is 4.31. The first-order chi connectivity index (χ1) is 12.0. The second kappa shape index (κ2) is 7.85. The van der Waals surface area contributed by atoms with Crippen LogP contribution < -0.4 is 10.1 Å². The van der Waals surface area contributed by atoms with E-state index in [9.17, 15) is 4.79 Å². The third-order valence-corrected chi connectivity index (χ3v) is 5.21. The van der Waals surface area contributed by atoms with Crippen LogP contribution in [0.5, 0.6) is 5.75 Å². The zero-order chi connectivity index (χ0) is 17.8. The normalized spacial score (nSPS) is 12.1. The summed E-state index contributed by atoms with van der Waals surface area (Å²) in [5.41, 5.74) is 2.19. The van der Waals surface area contributed by atoms with Crippen LogP contribution in [0.3, 0.4) is 0 Å². The van der Waals surface area contributed by atoms with Gasteiger partial charge in [0.25, 0.3) is 5.91 Å². The van der Waals surface area contributed by atoms with Gasteiger partial charge in [-0.15, -0.1) is 0 Å². The molecule has 0 aliphatic carbocycles. The summed E-state index contributed by atoms with van der Waals surface area (Å²) in [6, 6.07) is 13.2. The van der Waals surface area contributed by atoms with Gasteiger partial charge in [0, 0.05) is 5.02 Å². The van der Waals surface area contributed by atoms with Crippen molar-refractivity contribution in [2.45, 2.75) is 26.2 Å². The van der Waals surface area contributed by atoms with Crippen molar-refractivity contribution < 1.29 is 9.53 Å². The molecule has 1 atom stereocenters. The van der Waals surface area contributed by atoms with Crippen molar-refractivity contribution in [1.29, 1.82) is 0 Å². The van der Waals surface area contributed by atoms with Crippen molar-refractivity contribution in [3.05, 3.63) is 53.1 Å². The van der Waals surface area contributed by atoms with Gasteiger partial charge in [-0.05, 0) is 54.3 Å². The molecule has 130 valence electrons. The van der Waals surface area contributed by atoms with E-state index in [1.54, 1.807) is 24.3 Å². The number of nitrogens with zero attached hydrogens (tertiary/aromatic N) is 1. The van der Waals surface area contributed by atoms with Crippen LogP contribution in [0.4, 0.5) is 5.13 Å². The monoisotopic (exact) mass is 374 g/mol. The van der Waals surface area contributed by atoms with Gasteiger partial charge in [-0.25, -0.2) is 4.98 Å². The highest BCUT2D eigenvalue weighted by Gasteiger charge is 2.11. The maximum absolute atomic E-state index is 12.1. The lowest BCUT2D eigenvalue weighted by Gasteiger charge is -2.07. The van der Waals surface area contributed by atoms with Crippen LogP contribution in [0.1, 0.15) is 31.7 Å². The van der Waals surface area contributed by atoms with Gasteiger partial charge < -0.3 is 4.74 Å². The molecule has 1 heterocycles. The Morgan fingerprint density at radius 1 is 1.28 bits per heavy atom. The van der Waals surface area contributed by atoms with Gasteiger partial charge in [0.15, 0.2) is 11.7 Å². The average molecular weight is 375 g/mol. The molecule has 6 heteroatoms. The predicted octanol–water partition coefficient (Wildman–Crippen LogP) is 5.48. The number of benzene rings is 2. The molecule has 4 nitrogen and oxygen atoms in total. The van der Waals surface area contributed by atoms with E-state index in [2.05, 4.69) is 36.3 Å². The summed E-state index contributed by atoms with van der Waals surface area (Å²) in [4.78, 5) is 16.5. The van der Waals surface area contributed by atoms with Crippen LogP contribution in [0.15, 0.2) is 42.5 Å². The molecule has 3 aromatic rings. The van der Waals surface area contributed by atoms with Gasteiger partial charge in [0.1, 0.15) is 5.75 Å². The van der Waals surface area contributed by atoms with Crippen LogP contribution in [0.25, 0.3) is 10.2 Å². The van der Waals surface area contributed by atoms with Crippen LogP contribution in [0, 0.1) is 0 Å². The minimum Gasteiger partial charge on any atom is -0.484 e. The molecule has 0 radical (unpaired) electrons. The van der Waals surface area contributed by atoms with Crippen molar-refractivity contribution in [2.75, 3.05) is 11.9 Å². The molecule has 0 saturated carbocycles. The molecule has 0 aliphatic rings. The van der Waals surface area contributed by atoms with Gasteiger partial charge >= 0.3 is 0 Å². The molecule has 1 amide bonds. The highest BCUT2D eigenvalue weighted by Crippen LogP contribution is 2.30. The minimum absolute atomic E-state index is 0.0737. The molecule has 1 aromatic heterocycles. The van der Waals surface area contributed by atoms with E-state index in [1.807, 2.05) is 6.07 Å². The number of carbonyl (C=O) groups is 1. The molecular weight excluding hydrogens is 356 g/mol. The van der Waals surface area contributed by atoms with Crippen molar-refractivity contribution in [1.82, 2.24) is 4.98 Å². The van der Waals surface area contributed by atoms with Gasteiger partial charge in [0.05, 0.1) is 10.2 Å². The van der Waals surface area contributed by atoms with Crippen LogP contribution in [-0.4, -0.2) is 17.5 Å². The standard InChI is InChI=1S/C19H19ClN2O2S/c1-3-12(2)13-4-9-16-17(10-13)25-19(21-16)22-18(23)11-24-15-7-5-14(20)6-8-15/h4-10,12H,3,11H2,1-2H3,(H,21,22,23). The summed E-state index contributed by atoms with van der Waals surface area (Å²) >= 11 is 7.29. The number of hydrogen-bond donors (Lipinski definition) is 1. The first-order valence-electron chi connectivity index (χ1n) is 8.14. The number of carbonyl (C=O) groups excluding carboxylic acids is 1. The topological polar surface area (TPSA) is 51.2 Å². The Hall–Kier alpha value is -2.11. The largest absolute Gasteiger partial charge is 0.484 e. The summed E-state index contributed by atoms with van der Waals surface area (Å²) in [5.74, 6) is 0.871. The Morgan fingerprint density at radius 3 is 2.76 bits per heavy atom. The van der Waals surface area contributed by atoms with Gasteiger partial charge in [-0.3, -0.25) is 10.1 Å². The van der Waals surface area contributed by atoms with Gasteiger partial charge in [-0.1, -0.05) is 42.9 Å². The summed E-state index contributed by atoms with van der Waals surface area (Å²) < 4.78 is 6.52. The number of rotatable bonds is 6. The average Bonchev–Trinajstić information content (AvgIpc) is 3.01. The summed E-state index contributed by atoms with van der Waals surface area (Å²) in [5, 5.41) is 4.01. The van der Waals surface area contributed by atoms with E-state index in [-0.39, 0.29) is 12.5 Å². The first kappa shape index (κ1) is 17.7. The first-order valence-corrected chi connectivity index (χ1v) is 9.33. The molecule has 1 unspecified atom stereocenters. The molecule has 25 heavy (non-hydrogen) atoms. The van der Waals surface area contributed by atoms with Crippen molar-refractivity contribution in [3.8, 4) is 5.75 Å². The number of fused-ring (bicyclic) bond motifs is 1. The molecule has 0 bridgehead atoms. The number of halogens is 1. The predicted molar refractivity (Wildman–Crippen MR) is 104 cm³/mol. The lowest BCUT2D eigenvalue weighted by Crippen LogP contribution is -2.19. The number of thiazole rings is 1. The second-order valence-electron chi connectivity index (χ2n) is 5.85. The smallest absolute Gasteiger partial charge is 0.264 e. The number of ether oxygens (including phenoxy) is 1. The molecule has 0 saturated heterocycles. The third kappa shape index (κ3) is 4.50. The van der Waals surface area contributed by atoms with Crippen molar-refractivity contribution >= 4 is 44.2 Å². The van der Waals surface area contributed by atoms with E-state index in [1.165, 1.54) is 16.9 Å². The quantitative estimate of drug-likeness (QED) is 0.621. The molecule has 0 spiro atoms. The number of anilines is 1. The Balaban J connectivity index is 1.63. The molecule has 0 aliphatic heterocycles. The fraction of sp³-hybridized carbons (Fsp3) is 0.263. The Labute approximate surface area is 155 Å². The van der Waals surface area contributed by atoms with E-state index in [4.69, 9.17) is 16.3 Å². The van der Waals surface area contributed by atoms with Crippen molar-refractivity contribution in [2.24, 2.45) is 0 Å². The number of nitrogens with one attached hydrogen (secondary N) is 1. The highest BCUT2D eigenvalue weighted by atomic mass is 35.5. The maximum Gasteiger partial charge on any atom is 0.264 e. The molecular formula is C19H19ClN2O2S. The lowest BCUT2D eigenvalue weighted by molar-refractivity contribution is -0.118. The molecule has 1 N–H and O–H groups in total. The van der Waals surface area contributed by atoms with E-state index in [0.29, 0.717) is 21.8 Å². The fourth-order valence-corrected chi connectivity index (χ4v) is 3.43. The van der Waals surface area contributed by atoms with Crippen LogP contribution in [0.2, 0.25) is 5.02 Å². The van der Waals surface area contributed by atoms with Gasteiger partial charge in [-0.2, -0.15) is 0 Å². The zero-order valence-electron chi connectivity index (χ0n) is 14.1. The van der Waals surface area contributed by atoms with Crippen LogP contribution >= 0.6 is 22.9 Å². The Morgan fingerprint density at radius 2 is 2.04 bits per heavy atom. The second-order valence-corrected chi connectivity index (χ2v) is 7.31. The lowest BCUT2D eigenvalue weighted by atomic mass is 9.99. The number of hydrogen-bond acceptors (Lipinski definition) is 4. The summed E-state index contributed by atoms with van der Waals surface area (Å²) in [7, 11) is 0. The third-order valence-electron chi connectivity index (χ3n) is 4.02. The van der Waals surface area contributed by atoms with Gasteiger partial charge in [0.2, 0.25) is 0 Å². The minimum atomic E-state index is -0.240. The van der Waals surface area contributed by atoms with Crippen molar-refractivity contribution in [3.63, 3.8) is 0 Å². The highest BCUT2D eigenvalue weighted by molar-refractivity contribution is 7.22. The molecule has 0 fully saturated rings. The van der Waals surface area contributed by atoms with E-state index < -0.39 is 0 Å². The zero-order valence-corrected chi connectivity index (χ0v) is 15.7. The SMILES string of the molecule is CCC(C)c1ccc2nc(NC(=O)COc3ccc(Cl)cc3)sc2c1.